The molecule has 48 heavy (non-hydrogen) atoms. The fraction of sp³-hybridized carbons (Fsp3) is 0.562. The zero-order chi connectivity index (χ0) is 34.5. The first kappa shape index (κ1) is 33.8. The third-order valence-corrected chi connectivity index (χ3v) is 9.80. The molecule has 2 aromatic rings. The minimum atomic E-state index is -4.90. The average Bonchev–Trinajstić information content (AvgIpc) is 3.55. The number of carbonyl (C=O) groups excluding carboxylic acids is 1. The lowest BCUT2D eigenvalue weighted by Gasteiger charge is -2.41. The van der Waals surface area contributed by atoms with Gasteiger partial charge in [0.25, 0.3) is 5.91 Å². The molecule has 1 amide bonds. The number of nitrogens with zero attached hydrogens (tertiary/aromatic N) is 6. The highest BCUT2D eigenvalue weighted by molar-refractivity contribution is 5.91. The molecule has 0 radical (unpaired) electrons. The molecule has 258 valence electrons. The molecular weight excluding hydrogens is 644 g/mol. The number of ether oxygens (including phenoxy) is 2. The van der Waals surface area contributed by atoms with E-state index in [0.29, 0.717) is 24.3 Å². The van der Waals surface area contributed by atoms with Gasteiger partial charge in [-0.1, -0.05) is 6.58 Å². The van der Waals surface area contributed by atoms with E-state index in [1.54, 1.807) is 4.90 Å². The van der Waals surface area contributed by atoms with Gasteiger partial charge in [-0.2, -0.15) is 23.1 Å². The second-order valence-corrected chi connectivity index (χ2v) is 12.8. The van der Waals surface area contributed by atoms with E-state index in [0.717, 1.165) is 19.0 Å². The van der Waals surface area contributed by atoms with Gasteiger partial charge in [-0.05, 0) is 37.9 Å². The molecule has 0 unspecified atom stereocenters. The number of carbonyl (C=O) groups is 1. The molecule has 3 fully saturated rings. The first-order valence-electron chi connectivity index (χ1n) is 15.6. The van der Waals surface area contributed by atoms with Gasteiger partial charge in [0.05, 0.1) is 35.2 Å². The maximum absolute atomic E-state index is 15.4. The van der Waals surface area contributed by atoms with Gasteiger partial charge in [-0.15, -0.1) is 0 Å². The standard InChI is InChI=1S/C32H35F6N7O3/c1-17-9-22(39)27(35)25(26(17)32(36,37)38)24-10-23-21(15-47-24)28(43-7-8-45(29(46)18(2)33)20(14-43)12-40-3)42-30(41-23)48-16-31-5-4-6-44(31)13-19(34)11-31/h9,19-20,24H,2,4-8,10-16,39H2,1H3/t19-,20+,24+,31+/m1/s1. The first-order chi connectivity index (χ1) is 22.7. The molecule has 0 bridgehead atoms. The van der Waals surface area contributed by atoms with Crippen molar-refractivity contribution in [1.82, 2.24) is 19.8 Å². The first-order valence-corrected chi connectivity index (χ1v) is 15.6. The Hall–Kier alpha value is -4.10. The Bertz CT molecular complexity index is 1670. The number of nitrogen functional groups attached to an aromatic ring is 1. The molecule has 3 saturated heterocycles. The van der Waals surface area contributed by atoms with E-state index in [1.165, 1.54) is 11.8 Å². The number of benzene rings is 1. The largest absolute Gasteiger partial charge is 0.461 e. The van der Waals surface area contributed by atoms with Crippen molar-refractivity contribution in [3.05, 3.63) is 63.7 Å². The highest BCUT2D eigenvalue weighted by atomic mass is 19.4. The number of nitrogens with two attached hydrogens (primary N) is 1. The van der Waals surface area contributed by atoms with Crippen molar-refractivity contribution < 1.29 is 40.6 Å². The molecule has 16 heteroatoms. The van der Waals surface area contributed by atoms with Crippen LogP contribution in [0.25, 0.3) is 4.85 Å². The highest BCUT2D eigenvalue weighted by Crippen LogP contribution is 2.45. The van der Waals surface area contributed by atoms with Gasteiger partial charge >= 0.3 is 12.2 Å². The molecule has 0 aliphatic carbocycles. The highest BCUT2D eigenvalue weighted by Gasteiger charge is 2.50. The molecule has 4 atom stereocenters. The lowest BCUT2D eigenvalue weighted by Crippen LogP contribution is -2.57. The summed E-state index contributed by atoms with van der Waals surface area (Å²) in [5.41, 5.74) is 3.29. The van der Waals surface area contributed by atoms with Crippen molar-refractivity contribution in [3.63, 3.8) is 0 Å². The SMILES string of the molecule is [C-]#[N+]C[C@H]1CN(c2nc(OC[C@@]34CCCN3C[C@H](F)C4)nc3c2CO[C@H](c2c(F)c(N)cc(C)c2C(F)(F)F)C3)CCN1C(=O)C(=C)F. The summed E-state index contributed by atoms with van der Waals surface area (Å²) < 4.78 is 98.4. The summed E-state index contributed by atoms with van der Waals surface area (Å²) in [6, 6.07) is 0.0995. The lowest BCUT2D eigenvalue weighted by atomic mass is 9.91. The molecule has 2 N–H and O–H groups in total. The molecule has 4 aliphatic rings. The van der Waals surface area contributed by atoms with E-state index in [2.05, 4.69) is 21.4 Å². The summed E-state index contributed by atoms with van der Waals surface area (Å²) in [4.78, 5) is 30.2. The molecule has 0 spiro atoms. The Labute approximate surface area is 273 Å². The van der Waals surface area contributed by atoms with E-state index in [9.17, 15) is 26.7 Å². The number of hydrogen-bond donors (Lipinski definition) is 1. The van der Waals surface area contributed by atoms with Crippen LogP contribution in [0.4, 0.5) is 37.8 Å². The van der Waals surface area contributed by atoms with Crippen molar-refractivity contribution in [1.29, 1.82) is 0 Å². The van der Waals surface area contributed by atoms with Crippen molar-refractivity contribution in [2.45, 2.75) is 69.2 Å². The fourth-order valence-corrected chi connectivity index (χ4v) is 7.65. The predicted molar refractivity (Wildman–Crippen MR) is 162 cm³/mol. The summed E-state index contributed by atoms with van der Waals surface area (Å²) in [5.74, 6) is -3.01. The molecular formula is C32H35F6N7O3. The van der Waals surface area contributed by atoms with Crippen molar-refractivity contribution in [2.24, 2.45) is 0 Å². The smallest absolute Gasteiger partial charge is 0.417 e. The number of anilines is 2. The molecule has 5 heterocycles. The monoisotopic (exact) mass is 679 g/mol. The normalized spacial score (nSPS) is 25.8. The quantitative estimate of drug-likeness (QED) is 0.195. The van der Waals surface area contributed by atoms with Gasteiger partial charge in [0.2, 0.25) is 6.54 Å². The van der Waals surface area contributed by atoms with Crippen LogP contribution in [-0.4, -0.2) is 89.3 Å². The minimum Gasteiger partial charge on any atom is -0.461 e. The second kappa shape index (κ2) is 12.7. The van der Waals surface area contributed by atoms with Crippen LogP contribution in [0, 0.1) is 19.3 Å². The van der Waals surface area contributed by atoms with E-state index in [1.807, 2.05) is 4.90 Å². The van der Waals surface area contributed by atoms with Gasteiger partial charge in [-0.25, -0.2) is 19.7 Å². The van der Waals surface area contributed by atoms with Crippen LogP contribution in [-0.2, 0) is 28.7 Å². The zero-order valence-corrected chi connectivity index (χ0v) is 26.3. The third kappa shape index (κ3) is 6.13. The van der Waals surface area contributed by atoms with Crippen molar-refractivity contribution in [2.75, 3.05) is 56.5 Å². The average molecular weight is 680 g/mol. The van der Waals surface area contributed by atoms with Crippen molar-refractivity contribution in [3.8, 4) is 6.01 Å². The van der Waals surface area contributed by atoms with Crippen LogP contribution in [0.5, 0.6) is 6.01 Å². The number of hydrogen-bond acceptors (Lipinski definition) is 8. The Kier molecular flexibility index (Phi) is 8.97. The Morgan fingerprint density at radius 3 is 2.75 bits per heavy atom. The van der Waals surface area contributed by atoms with Crippen LogP contribution in [0.2, 0.25) is 0 Å². The predicted octanol–water partition coefficient (Wildman–Crippen LogP) is 4.71. The van der Waals surface area contributed by atoms with Gasteiger partial charge in [0.15, 0.2) is 11.6 Å². The summed E-state index contributed by atoms with van der Waals surface area (Å²) >= 11 is 0. The van der Waals surface area contributed by atoms with Gasteiger partial charge in [0.1, 0.15) is 24.6 Å². The number of rotatable bonds is 7. The summed E-state index contributed by atoms with van der Waals surface area (Å²) in [6.45, 7) is 12.6. The lowest BCUT2D eigenvalue weighted by molar-refractivity contribution is -0.140. The minimum absolute atomic E-state index is 0.0269. The van der Waals surface area contributed by atoms with Crippen molar-refractivity contribution >= 4 is 17.4 Å². The maximum atomic E-state index is 15.4. The van der Waals surface area contributed by atoms with Crippen LogP contribution in [0.1, 0.15) is 53.3 Å². The molecule has 1 aromatic carbocycles. The Morgan fingerprint density at radius 2 is 2.04 bits per heavy atom. The van der Waals surface area contributed by atoms with Crippen LogP contribution < -0.4 is 15.4 Å². The second-order valence-electron chi connectivity index (χ2n) is 12.8. The summed E-state index contributed by atoms with van der Waals surface area (Å²) in [7, 11) is 0. The number of aromatic nitrogens is 2. The summed E-state index contributed by atoms with van der Waals surface area (Å²) in [6.07, 6.45) is -5.73. The van der Waals surface area contributed by atoms with Gasteiger partial charge in [0, 0.05) is 50.1 Å². The van der Waals surface area contributed by atoms with E-state index < -0.39 is 64.4 Å². The molecule has 4 aliphatic heterocycles. The van der Waals surface area contributed by atoms with E-state index >= 15 is 4.39 Å². The van der Waals surface area contributed by atoms with E-state index in [4.69, 9.17) is 21.8 Å². The molecule has 1 aromatic heterocycles. The number of fused-ring (bicyclic) bond motifs is 2. The number of halogens is 6. The van der Waals surface area contributed by atoms with Crippen LogP contribution in [0.3, 0.4) is 0 Å². The molecule has 0 saturated carbocycles. The van der Waals surface area contributed by atoms with E-state index in [-0.39, 0.29) is 69.5 Å². The number of aryl methyl sites for hydroxylation is 1. The maximum Gasteiger partial charge on any atom is 0.417 e. The Morgan fingerprint density at radius 1 is 1.27 bits per heavy atom. The number of amides is 1. The van der Waals surface area contributed by atoms with Gasteiger partial charge in [-0.3, -0.25) is 9.69 Å². The fourth-order valence-electron chi connectivity index (χ4n) is 7.65. The van der Waals surface area contributed by atoms with Crippen LogP contribution >= 0.6 is 0 Å². The van der Waals surface area contributed by atoms with Crippen LogP contribution in [0.15, 0.2) is 18.5 Å². The Balaban J connectivity index is 1.38. The molecule has 6 rings (SSSR count). The number of alkyl halides is 4. The summed E-state index contributed by atoms with van der Waals surface area (Å²) in [5, 5.41) is 0. The third-order valence-electron chi connectivity index (χ3n) is 9.80. The number of piperazine rings is 1. The van der Waals surface area contributed by atoms with Gasteiger partial charge < -0.3 is 29.9 Å². The molecule has 10 nitrogen and oxygen atoms in total. The topological polar surface area (TPSA) is 101 Å². The zero-order valence-electron chi connectivity index (χ0n) is 26.3.